The number of nitrogens with one attached hydrogen (secondary N) is 1. The zero-order valence-corrected chi connectivity index (χ0v) is 14.1. The Morgan fingerprint density at radius 2 is 1.65 bits per heavy atom. The second-order valence-corrected chi connectivity index (χ2v) is 7.29. The maximum Gasteiger partial charge on any atom is 0.0453 e. The SMILES string of the molecule is CNC(Cc1c(Cl)cccc1Cl)C1CC(C)CC(C)C1. The molecule has 1 N–H and O–H groups in total. The fourth-order valence-electron chi connectivity index (χ4n) is 3.79. The predicted molar refractivity (Wildman–Crippen MR) is 88.7 cm³/mol. The van der Waals surface area contributed by atoms with Crippen molar-refractivity contribution in [3.8, 4) is 0 Å². The molecule has 0 aliphatic heterocycles. The van der Waals surface area contributed by atoms with E-state index >= 15 is 0 Å². The second kappa shape index (κ2) is 7.15. The first-order valence-electron chi connectivity index (χ1n) is 7.61. The molecule has 0 amide bonds. The van der Waals surface area contributed by atoms with E-state index in [0.717, 1.165) is 33.9 Å². The number of halogens is 2. The van der Waals surface area contributed by atoms with E-state index in [1.54, 1.807) is 0 Å². The van der Waals surface area contributed by atoms with Gasteiger partial charge in [0.25, 0.3) is 0 Å². The van der Waals surface area contributed by atoms with Crippen molar-refractivity contribution < 1.29 is 0 Å². The summed E-state index contributed by atoms with van der Waals surface area (Å²) in [5.74, 6) is 2.36. The van der Waals surface area contributed by atoms with E-state index in [4.69, 9.17) is 23.2 Å². The van der Waals surface area contributed by atoms with Crippen LogP contribution in [0.3, 0.4) is 0 Å². The van der Waals surface area contributed by atoms with Gasteiger partial charge in [-0.1, -0.05) is 43.1 Å². The summed E-state index contributed by atoms with van der Waals surface area (Å²) in [6.07, 6.45) is 4.88. The van der Waals surface area contributed by atoms with Gasteiger partial charge < -0.3 is 5.32 Å². The summed E-state index contributed by atoms with van der Waals surface area (Å²) < 4.78 is 0. The summed E-state index contributed by atoms with van der Waals surface area (Å²) >= 11 is 12.6. The van der Waals surface area contributed by atoms with Gasteiger partial charge in [0.2, 0.25) is 0 Å². The third-order valence-corrected chi connectivity index (χ3v) is 5.35. The van der Waals surface area contributed by atoms with Crippen LogP contribution in [-0.2, 0) is 6.42 Å². The van der Waals surface area contributed by atoms with E-state index in [1.807, 2.05) is 18.2 Å². The summed E-state index contributed by atoms with van der Waals surface area (Å²) in [4.78, 5) is 0. The molecule has 0 bridgehead atoms. The van der Waals surface area contributed by atoms with E-state index in [-0.39, 0.29) is 0 Å². The summed E-state index contributed by atoms with van der Waals surface area (Å²) in [6, 6.07) is 6.23. The van der Waals surface area contributed by atoms with Gasteiger partial charge in [0.05, 0.1) is 0 Å². The Labute approximate surface area is 133 Å². The van der Waals surface area contributed by atoms with E-state index in [9.17, 15) is 0 Å². The molecule has 112 valence electrons. The lowest BCUT2D eigenvalue weighted by molar-refractivity contribution is 0.179. The average molecular weight is 314 g/mol. The third-order valence-electron chi connectivity index (χ3n) is 4.64. The Bertz CT molecular complexity index is 416. The van der Waals surface area contributed by atoms with Crippen molar-refractivity contribution in [3.63, 3.8) is 0 Å². The van der Waals surface area contributed by atoms with Gasteiger partial charge in [0.1, 0.15) is 0 Å². The van der Waals surface area contributed by atoms with Crippen molar-refractivity contribution in [3.05, 3.63) is 33.8 Å². The lowest BCUT2D eigenvalue weighted by Gasteiger charge is -2.36. The number of hydrogen-bond donors (Lipinski definition) is 1. The molecule has 0 radical (unpaired) electrons. The molecule has 0 spiro atoms. The quantitative estimate of drug-likeness (QED) is 0.806. The van der Waals surface area contributed by atoms with Crippen LogP contribution in [0.5, 0.6) is 0 Å². The van der Waals surface area contributed by atoms with Crippen molar-refractivity contribution in [1.29, 1.82) is 0 Å². The highest BCUT2D eigenvalue weighted by Gasteiger charge is 2.30. The van der Waals surface area contributed by atoms with E-state index in [2.05, 4.69) is 26.2 Å². The number of hydrogen-bond acceptors (Lipinski definition) is 1. The van der Waals surface area contributed by atoms with Crippen LogP contribution in [0.2, 0.25) is 10.0 Å². The third kappa shape index (κ3) is 3.90. The van der Waals surface area contributed by atoms with E-state index < -0.39 is 0 Å². The molecule has 0 saturated heterocycles. The highest BCUT2D eigenvalue weighted by Crippen LogP contribution is 2.36. The maximum atomic E-state index is 6.31. The van der Waals surface area contributed by atoms with E-state index in [0.29, 0.717) is 12.0 Å². The molecule has 0 aromatic heterocycles. The van der Waals surface area contributed by atoms with Crippen molar-refractivity contribution in [2.24, 2.45) is 17.8 Å². The monoisotopic (exact) mass is 313 g/mol. The number of benzene rings is 1. The van der Waals surface area contributed by atoms with Crippen molar-refractivity contribution in [2.75, 3.05) is 7.05 Å². The van der Waals surface area contributed by atoms with Gasteiger partial charge >= 0.3 is 0 Å². The summed E-state index contributed by atoms with van der Waals surface area (Å²) in [5, 5.41) is 5.07. The highest BCUT2D eigenvalue weighted by atomic mass is 35.5. The molecule has 1 aromatic rings. The molecule has 1 fully saturated rings. The molecular weight excluding hydrogens is 289 g/mol. The minimum absolute atomic E-state index is 0.456. The lowest BCUT2D eigenvalue weighted by atomic mass is 9.72. The Morgan fingerprint density at radius 3 is 2.15 bits per heavy atom. The van der Waals surface area contributed by atoms with Crippen LogP contribution < -0.4 is 5.32 Å². The molecule has 2 rings (SSSR count). The van der Waals surface area contributed by atoms with Gasteiger partial charge in [0, 0.05) is 16.1 Å². The largest absolute Gasteiger partial charge is 0.316 e. The molecule has 0 heterocycles. The number of likely N-dealkylation sites (N-methyl/N-ethyl adjacent to an activating group) is 1. The zero-order chi connectivity index (χ0) is 14.7. The molecule has 3 unspecified atom stereocenters. The highest BCUT2D eigenvalue weighted by molar-refractivity contribution is 6.36. The molecule has 1 saturated carbocycles. The molecule has 3 atom stereocenters. The van der Waals surface area contributed by atoms with Gasteiger partial charge in [-0.2, -0.15) is 0 Å². The second-order valence-electron chi connectivity index (χ2n) is 6.48. The minimum atomic E-state index is 0.456. The van der Waals surface area contributed by atoms with Crippen LogP contribution in [0.4, 0.5) is 0 Å². The van der Waals surface area contributed by atoms with Crippen LogP contribution in [0, 0.1) is 17.8 Å². The van der Waals surface area contributed by atoms with Crippen LogP contribution >= 0.6 is 23.2 Å². The first kappa shape index (κ1) is 16.1. The summed E-state index contributed by atoms with van der Waals surface area (Å²) in [7, 11) is 2.05. The Hall–Kier alpha value is -0.240. The maximum absolute atomic E-state index is 6.31. The predicted octanol–water partition coefficient (Wildman–Crippen LogP) is 5.20. The molecule has 3 heteroatoms. The smallest absolute Gasteiger partial charge is 0.0453 e. The molecule has 20 heavy (non-hydrogen) atoms. The Kier molecular flexibility index (Phi) is 5.77. The van der Waals surface area contributed by atoms with Gasteiger partial charge in [-0.3, -0.25) is 0 Å². The minimum Gasteiger partial charge on any atom is -0.316 e. The van der Waals surface area contributed by atoms with Crippen LogP contribution in [0.1, 0.15) is 38.7 Å². The van der Waals surface area contributed by atoms with Crippen LogP contribution in [0.15, 0.2) is 18.2 Å². The Morgan fingerprint density at radius 1 is 1.10 bits per heavy atom. The van der Waals surface area contributed by atoms with Crippen LogP contribution in [0.25, 0.3) is 0 Å². The molecule has 1 aliphatic rings. The van der Waals surface area contributed by atoms with Crippen molar-refractivity contribution in [1.82, 2.24) is 5.32 Å². The van der Waals surface area contributed by atoms with Crippen LogP contribution in [-0.4, -0.2) is 13.1 Å². The van der Waals surface area contributed by atoms with Gasteiger partial charge in [-0.15, -0.1) is 0 Å². The summed E-state index contributed by atoms with van der Waals surface area (Å²) in [6.45, 7) is 4.75. The van der Waals surface area contributed by atoms with Crippen molar-refractivity contribution in [2.45, 2.75) is 45.6 Å². The van der Waals surface area contributed by atoms with Gasteiger partial charge in [0.15, 0.2) is 0 Å². The Balaban J connectivity index is 2.12. The zero-order valence-electron chi connectivity index (χ0n) is 12.6. The normalized spacial score (nSPS) is 28.4. The molecule has 1 aromatic carbocycles. The van der Waals surface area contributed by atoms with Gasteiger partial charge in [-0.05, 0) is 68.2 Å². The first-order chi connectivity index (χ1) is 9.51. The van der Waals surface area contributed by atoms with Gasteiger partial charge in [-0.25, -0.2) is 0 Å². The lowest BCUT2D eigenvalue weighted by Crippen LogP contribution is -2.39. The fraction of sp³-hybridized carbons (Fsp3) is 0.647. The molecular formula is C17H25Cl2N. The number of rotatable bonds is 4. The topological polar surface area (TPSA) is 12.0 Å². The van der Waals surface area contributed by atoms with E-state index in [1.165, 1.54) is 19.3 Å². The molecule has 1 aliphatic carbocycles. The molecule has 1 nitrogen and oxygen atoms in total. The average Bonchev–Trinajstić information content (AvgIpc) is 2.37. The standard InChI is InChI=1S/C17H25Cl2N/c1-11-7-12(2)9-13(8-11)17(20-3)10-14-15(18)5-4-6-16(14)19/h4-6,11-13,17,20H,7-10H2,1-3H3. The summed E-state index contributed by atoms with van der Waals surface area (Å²) in [5.41, 5.74) is 1.08. The fourth-order valence-corrected chi connectivity index (χ4v) is 4.34. The first-order valence-corrected chi connectivity index (χ1v) is 8.37. The van der Waals surface area contributed by atoms with Crippen molar-refractivity contribution >= 4 is 23.2 Å².